The van der Waals surface area contributed by atoms with Gasteiger partial charge in [0.05, 0.1) is 0 Å². The first-order valence-electron chi connectivity index (χ1n) is 9.32. The van der Waals surface area contributed by atoms with E-state index in [2.05, 4.69) is 30.2 Å². The summed E-state index contributed by atoms with van der Waals surface area (Å²) < 4.78 is 13.7. The Morgan fingerprint density at radius 2 is 1.55 bits per heavy atom. The number of piperazine rings is 1. The van der Waals surface area contributed by atoms with E-state index < -0.39 is 0 Å². The van der Waals surface area contributed by atoms with Crippen LogP contribution in [0.3, 0.4) is 0 Å². The molecule has 4 rings (SSSR count). The first-order chi connectivity index (χ1) is 14.2. The maximum atomic E-state index is 13.7. The number of rotatable bonds is 5. The summed E-state index contributed by atoms with van der Waals surface area (Å²) in [4.78, 5) is 33.8. The van der Waals surface area contributed by atoms with Crippen molar-refractivity contribution in [1.82, 2.24) is 25.3 Å². The van der Waals surface area contributed by atoms with Gasteiger partial charge in [0.1, 0.15) is 11.5 Å². The van der Waals surface area contributed by atoms with Gasteiger partial charge in [-0.15, -0.1) is 0 Å². The van der Waals surface area contributed by atoms with Gasteiger partial charge < -0.3 is 15.1 Å². The van der Waals surface area contributed by atoms with E-state index in [-0.39, 0.29) is 24.0 Å². The van der Waals surface area contributed by atoms with Crippen molar-refractivity contribution in [3.05, 3.63) is 72.1 Å². The Morgan fingerprint density at radius 3 is 2.28 bits per heavy atom. The molecule has 3 heterocycles. The van der Waals surface area contributed by atoms with Crippen molar-refractivity contribution in [2.45, 2.75) is 6.54 Å². The summed E-state index contributed by atoms with van der Waals surface area (Å²) in [6.07, 6.45) is 5.01. The van der Waals surface area contributed by atoms with Crippen LogP contribution in [0.4, 0.5) is 16.3 Å². The minimum absolute atomic E-state index is 0.0978. The fourth-order valence-corrected chi connectivity index (χ4v) is 3.10. The van der Waals surface area contributed by atoms with Crippen LogP contribution in [0, 0.1) is 5.82 Å². The van der Waals surface area contributed by atoms with Gasteiger partial charge in [0.2, 0.25) is 11.9 Å². The van der Waals surface area contributed by atoms with Crippen molar-refractivity contribution in [2.75, 3.05) is 36.0 Å². The van der Waals surface area contributed by atoms with Crippen LogP contribution in [0.5, 0.6) is 0 Å². The quantitative estimate of drug-likeness (QED) is 0.705. The van der Waals surface area contributed by atoms with Gasteiger partial charge >= 0.3 is 0 Å². The number of aromatic nitrogens is 4. The highest BCUT2D eigenvalue weighted by Crippen LogP contribution is 2.14. The second-order valence-corrected chi connectivity index (χ2v) is 6.54. The lowest BCUT2D eigenvalue weighted by molar-refractivity contribution is 0.0945. The van der Waals surface area contributed by atoms with Gasteiger partial charge in [-0.1, -0.05) is 18.2 Å². The Hall–Kier alpha value is -3.62. The fraction of sp³-hybridized carbons (Fsp3) is 0.250. The molecule has 0 atom stereocenters. The third-order valence-corrected chi connectivity index (χ3v) is 4.67. The summed E-state index contributed by atoms with van der Waals surface area (Å²) in [5.74, 6) is 0.483. The third-order valence-electron chi connectivity index (χ3n) is 4.67. The van der Waals surface area contributed by atoms with Gasteiger partial charge in [0.15, 0.2) is 0 Å². The fourth-order valence-electron chi connectivity index (χ4n) is 3.10. The van der Waals surface area contributed by atoms with Gasteiger partial charge in [0, 0.05) is 56.9 Å². The zero-order chi connectivity index (χ0) is 20.1. The molecule has 148 valence electrons. The number of anilines is 2. The van der Waals surface area contributed by atoms with E-state index in [0.29, 0.717) is 30.5 Å². The van der Waals surface area contributed by atoms with Gasteiger partial charge in [-0.2, -0.15) is 0 Å². The third kappa shape index (κ3) is 4.45. The molecule has 0 saturated carbocycles. The first-order valence-corrected chi connectivity index (χ1v) is 9.32. The number of amides is 1. The number of carbonyl (C=O) groups is 1. The molecule has 29 heavy (non-hydrogen) atoms. The van der Waals surface area contributed by atoms with E-state index in [1.54, 1.807) is 48.9 Å². The molecule has 1 aliphatic heterocycles. The second-order valence-electron chi connectivity index (χ2n) is 6.54. The van der Waals surface area contributed by atoms with Crippen LogP contribution in [0.25, 0.3) is 0 Å². The van der Waals surface area contributed by atoms with Crippen LogP contribution < -0.4 is 15.1 Å². The molecule has 3 aromatic rings. The largest absolute Gasteiger partial charge is 0.347 e. The van der Waals surface area contributed by atoms with Gasteiger partial charge in [0.25, 0.3) is 5.91 Å². The molecule has 1 aliphatic rings. The summed E-state index contributed by atoms with van der Waals surface area (Å²) in [5.41, 5.74) is 0.676. The van der Waals surface area contributed by atoms with Crippen LogP contribution in [-0.2, 0) is 6.54 Å². The number of benzene rings is 1. The van der Waals surface area contributed by atoms with E-state index in [1.807, 2.05) is 4.90 Å². The standard InChI is InChI=1S/C20H20FN7O/c21-16-5-2-1-4-15(16)14-25-18(29)17-6-9-24-20(26-17)28-12-10-27(11-13-28)19-22-7-3-8-23-19/h1-9H,10-14H2,(H,25,29). The van der Waals surface area contributed by atoms with Crippen molar-refractivity contribution in [3.63, 3.8) is 0 Å². The lowest BCUT2D eigenvalue weighted by atomic mass is 10.2. The smallest absolute Gasteiger partial charge is 0.270 e. The molecule has 1 amide bonds. The van der Waals surface area contributed by atoms with Gasteiger partial charge in [-0.05, 0) is 18.2 Å². The molecule has 1 N–H and O–H groups in total. The average Bonchev–Trinajstić information content (AvgIpc) is 2.79. The topological polar surface area (TPSA) is 87.1 Å². The molecule has 0 unspecified atom stereocenters. The molecule has 1 aromatic carbocycles. The van der Waals surface area contributed by atoms with E-state index in [0.717, 1.165) is 13.1 Å². The van der Waals surface area contributed by atoms with E-state index in [4.69, 9.17) is 0 Å². The molecule has 0 radical (unpaired) electrons. The minimum Gasteiger partial charge on any atom is -0.347 e. The molecule has 1 saturated heterocycles. The number of nitrogens with zero attached hydrogens (tertiary/aromatic N) is 6. The Balaban J connectivity index is 1.37. The molecule has 0 bridgehead atoms. The molecule has 0 spiro atoms. The van der Waals surface area contributed by atoms with Crippen LogP contribution >= 0.6 is 0 Å². The summed E-state index contributed by atoms with van der Waals surface area (Å²) in [5, 5.41) is 2.70. The predicted octanol–water partition coefficient (Wildman–Crippen LogP) is 1.66. The lowest BCUT2D eigenvalue weighted by Gasteiger charge is -2.34. The van der Waals surface area contributed by atoms with Crippen molar-refractivity contribution in [1.29, 1.82) is 0 Å². The van der Waals surface area contributed by atoms with Gasteiger partial charge in [-0.25, -0.2) is 24.3 Å². The minimum atomic E-state index is -0.367. The Labute approximate surface area is 167 Å². The summed E-state index contributed by atoms with van der Waals surface area (Å²) >= 11 is 0. The summed E-state index contributed by atoms with van der Waals surface area (Å²) in [6.45, 7) is 2.95. The zero-order valence-corrected chi connectivity index (χ0v) is 15.7. The van der Waals surface area contributed by atoms with Crippen molar-refractivity contribution in [2.24, 2.45) is 0 Å². The van der Waals surface area contributed by atoms with Crippen molar-refractivity contribution < 1.29 is 9.18 Å². The second kappa shape index (κ2) is 8.59. The maximum absolute atomic E-state index is 13.7. The van der Waals surface area contributed by atoms with Crippen LogP contribution in [-0.4, -0.2) is 52.0 Å². The number of hydrogen-bond acceptors (Lipinski definition) is 7. The molecule has 2 aromatic heterocycles. The van der Waals surface area contributed by atoms with Crippen LogP contribution in [0.15, 0.2) is 55.0 Å². The highest BCUT2D eigenvalue weighted by molar-refractivity contribution is 5.92. The average molecular weight is 393 g/mol. The van der Waals surface area contributed by atoms with Crippen LogP contribution in [0.2, 0.25) is 0 Å². The highest BCUT2D eigenvalue weighted by Gasteiger charge is 2.21. The number of nitrogens with one attached hydrogen (secondary N) is 1. The van der Waals surface area contributed by atoms with Gasteiger partial charge in [-0.3, -0.25) is 4.79 Å². The molecule has 0 aliphatic carbocycles. The molecular weight excluding hydrogens is 373 g/mol. The monoisotopic (exact) mass is 393 g/mol. The maximum Gasteiger partial charge on any atom is 0.270 e. The predicted molar refractivity (Wildman–Crippen MR) is 106 cm³/mol. The van der Waals surface area contributed by atoms with E-state index >= 15 is 0 Å². The van der Waals surface area contributed by atoms with E-state index in [9.17, 15) is 9.18 Å². The molecule has 9 heteroatoms. The van der Waals surface area contributed by atoms with Crippen molar-refractivity contribution in [3.8, 4) is 0 Å². The first kappa shape index (κ1) is 18.7. The highest BCUT2D eigenvalue weighted by atomic mass is 19.1. The summed E-state index contributed by atoms with van der Waals surface area (Å²) in [7, 11) is 0. The Bertz CT molecular complexity index is 977. The normalized spacial score (nSPS) is 14.0. The molecule has 1 fully saturated rings. The zero-order valence-electron chi connectivity index (χ0n) is 15.7. The number of halogens is 1. The number of carbonyl (C=O) groups excluding carboxylic acids is 1. The Morgan fingerprint density at radius 1 is 0.897 bits per heavy atom. The lowest BCUT2D eigenvalue weighted by Crippen LogP contribution is -2.47. The van der Waals surface area contributed by atoms with Crippen LogP contribution in [0.1, 0.15) is 16.1 Å². The molecule has 8 nitrogen and oxygen atoms in total. The molecular formula is C20H20FN7O. The SMILES string of the molecule is O=C(NCc1ccccc1F)c1ccnc(N2CCN(c3ncccn3)CC2)n1. The number of hydrogen-bond donors (Lipinski definition) is 1. The van der Waals surface area contributed by atoms with Crippen molar-refractivity contribution >= 4 is 17.8 Å². The summed E-state index contributed by atoms with van der Waals surface area (Å²) in [6, 6.07) is 9.68. The Kier molecular flexibility index (Phi) is 5.55. The van der Waals surface area contributed by atoms with E-state index in [1.165, 1.54) is 6.07 Å².